The minimum atomic E-state index is -1.18. The molecule has 5 atom stereocenters. The van der Waals surface area contributed by atoms with E-state index in [0.29, 0.717) is 0 Å². The summed E-state index contributed by atoms with van der Waals surface area (Å²) in [5.74, 6) is -3.26. The topological polar surface area (TPSA) is 187 Å². The number of aliphatic carboxylic acids is 2. The molecule has 0 aliphatic heterocycles. The number of hydrogen-bond donors (Lipinski definition) is 7. The van der Waals surface area contributed by atoms with Gasteiger partial charge < -0.3 is 37.0 Å². The molecular weight excluding hydrogens is 272 g/mol. The molecule has 9 heteroatoms. The molecule has 0 aliphatic carbocycles. The highest BCUT2D eigenvalue weighted by Gasteiger charge is 2.25. The van der Waals surface area contributed by atoms with E-state index in [-0.39, 0.29) is 12.5 Å². The first kappa shape index (κ1) is 21.0. The van der Waals surface area contributed by atoms with Crippen LogP contribution in [0.25, 0.3) is 0 Å². The molecule has 0 aliphatic rings. The molecular formula is C11H24N2O7. The largest absolute Gasteiger partial charge is 0.480 e. The van der Waals surface area contributed by atoms with E-state index in [0.717, 1.165) is 0 Å². The fourth-order valence-corrected chi connectivity index (χ4v) is 0.987. The van der Waals surface area contributed by atoms with Gasteiger partial charge in [-0.3, -0.25) is 9.59 Å². The van der Waals surface area contributed by atoms with Gasteiger partial charge in [0.05, 0.1) is 12.7 Å². The molecule has 0 bridgehead atoms. The fourth-order valence-electron chi connectivity index (χ4n) is 0.987. The van der Waals surface area contributed by atoms with E-state index in [1.54, 1.807) is 6.92 Å². The quantitative estimate of drug-likeness (QED) is 0.264. The third kappa shape index (κ3) is 8.02. The van der Waals surface area contributed by atoms with Crippen molar-refractivity contribution in [1.29, 1.82) is 0 Å². The van der Waals surface area contributed by atoms with Crippen molar-refractivity contribution in [3.8, 4) is 0 Å². The van der Waals surface area contributed by atoms with Gasteiger partial charge in [-0.15, -0.1) is 0 Å². The van der Waals surface area contributed by atoms with E-state index in [1.807, 2.05) is 0 Å². The number of carbonyl (C=O) groups is 2. The highest BCUT2D eigenvalue weighted by atomic mass is 16.4. The normalized spacial score (nSPS) is 17.9. The second kappa shape index (κ2) is 10.5. The van der Waals surface area contributed by atoms with Gasteiger partial charge in [-0.05, 0) is 0 Å². The van der Waals surface area contributed by atoms with E-state index in [9.17, 15) is 9.59 Å². The van der Waals surface area contributed by atoms with Gasteiger partial charge in [-0.1, -0.05) is 13.8 Å². The van der Waals surface area contributed by atoms with Crippen LogP contribution in [0.4, 0.5) is 0 Å². The Kier molecular flexibility index (Phi) is 11.1. The van der Waals surface area contributed by atoms with Crippen molar-refractivity contribution in [1.82, 2.24) is 0 Å². The highest BCUT2D eigenvalue weighted by Crippen LogP contribution is 2.06. The van der Waals surface area contributed by atoms with Crippen LogP contribution in [0.2, 0.25) is 0 Å². The second-order valence-corrected chi connectivity index (χ2v) is 4.50. The zero-order valence-electron chi connectivity index (χ0n) is 11.5. The van der Waals surface area contributed by atoms with Crippen LogP contribution in [0.1, 0.15) is 13.8 Å². The Labute approximate surface area is 116 Å². The number of aliphatic hydroxyl groups excluding tert-OH is 3. The van der Waals surface area contributed by atoms with Crippen LogP contribution in [-0.2, 0) is 9.59 Å². The molecule has 0 saturated carbocycles. The predicted molar refractivity (Wildman–Crippen MR) is 69.7 cm³/mol. The maximum Gasteiger partial charge on any atom is 0.320 e. The van der Waals surface area contributed by atoms with E-state index in [1.165, 1.54) is 6.92 Å². The first-order chi connectivity index (χ1) is 9.09. The number of carboxylic acids is 2. The lowest BCUT2D eigenvalue weighted by Crippen LogP contribution is -2.43. The van der Waals surface area contributed by atoms with Crippen molar-refractivity contribution in [3.05, 3.63) is 0 Å². The van der Waals surface area contributed by atoms with Gasteiger partial charge in [0.1, 0.15) is 12.1 Å². The summed E-state index contributed by atoms with van der Waals surface area (Å²) in [6.45, 7) is 2.40. The molecule has 0 amide bonds. The Bertz CT molecular complexity index is 300. The van der Waals surface area contributed by atoms with Crippen molar-refractivity contribution < 1.29 is 35.1 Å². The van der Waals surface area contributed by atoms with E-state index < -0.39 is 42.7 Å². The van der Waals surface area contributed by atoms with E-state index in [2.05, 4.69) is 0 Å². The Morgan fingerprint density at radius 2 is 1.35 bits per heavy atom. The summed E-state index contributed by atoms with van der Waals surface area (Å²) in [5.41, 5.74) is 10.3. The summed E-state index contributed by atoms with van der Waals surface area (Å²) in [4.78, 5) is 20.3. The third-order valence-corrected chi connectivity index (χ3v) is 2.83. The standard InChI is InChI=1S/C6H13NO4.C5H11NO3/c1-3(4(9)2-8)5(7)6(10)11;1-3(2-7)4(6)5(8)9/h3-5,8-9H,2,7H2,1H3,(H,10,11);3-4,7H,2,6H2,1H3,(H,8,9)/t;3?,4-/m.0/s1. The molecule has 9 nitrogen and oxygen atoms in total. The summed E-state index contributed by atoms with van der Waals surface area (Å²) in [6, 6.07) is -2.08. The molecule has 0 rings (SSSR count). The lowest BCUT2D eigenvalue weighted by atomic mass is 9.97. The summed E-state index contributed by atoms with van der Waals surface area (Å²) >= 11 is 0. The highest BCUT2D eigenvalue weighted by molar-refractivity contribution is 5.73. The van der Waals surface area contributed by atoms with Gasteiger partial charge >= 0.3 is 11.9 Å². The maximum absolute atomic E-state index is 10.2. The van der Waals surface area contributed by atoms with Gasteiger partial charge in [-0.25, -0.2) is 0 Å². The lowest BCUT2D eigenvalue weighted by molar-refractivity contribution is -0.141. The van der Waals surface area contributed by atoms with Crippen LogP contribution >= 0.6 is 0 Å². The average Bonchev–Trinajstić information content (AvgIpc) is 2.43. The monoisotopic (exact) mass is 296 g/mol. The van der Waals surface area contributed by atoms with Crippen molar-refractivity contribution in [2.45, 2.75) is 32.0 Å². The van der Waals surface area contributed by atoms with Crippen LogP contribution in [0, 0.1) is 11.8 Å². The lowest BCUT2D eigenvalue weighted by Gasteiger charge is -2.19. The summed E-state index contributed by atoms with van der Waals surface area (Å²) in [6.07, 6.45) is -1.07. The molecule has 20 heavy (non-hydrogen) atoms. The van der Waals surface area contributed by atoms with E-state index in [4.69, 9.17) is 37.0 Å². The van der Waals surface area contributed by atoms with Gasteiger partial charge in [0.25, 0.3) is 0 Å². The molecule has 0 aromatic carbocycles. The van der Waals surface area contributed by atoms with Crippen molar-refractivity contribution in [3.63, 3.8) is 0 Å². The number of carboxylic acid groups (broad SMARTS) is 2. The molecule has 4 unspecified atom stereocenters. The molecule has 0 heterocycles. The Morgan fingerprint density at radius 3 is 1.55 bits per heavy atom. The minimum Gasteiger partial charge on any atom is -0.480 e. The first-order valence-electron chi connectivity index (χ1n) is 5.96. The molecule has 9 N–H and O–H groups in total. The van der Waals surface area contributed by atoms with Crippen LogP contribution in [0.5, 0.6) is 0 Å². The number of aliphatic hydroxyl groups is 3. The SMILES string of the molecule is CC(C(O)CO)C(N)C(=O)O.CC(CO)[C@H](N)C(=O)O. The molecule has 0 aromatic rings. The van der Waals surface area contributed by atoms with E-state index >= 15 is 0 Å². The van der Waals surface area contributed by atoms with Crippen LogP contribution in [0.15, 0.2) is 0 Å². The molecule has 0 spiro atoms. The number of hydrogen-bond acceptors (Lipinski definition) is 7. The van der Waals surface area contributed by atoms with Gasteiger partial charge in [0.15, 0.2) is 0 Å². The molecule has 120 valence electrons. The smallest absolute Gasteiger partial charge is 0.320 e. The molecule has 0 saturated heterocycles. The van der Waals surface area contributed by atoms with Crippen LogP contribution in [0.3, 0.4) is 0 Å². The zero-order chi connectivity index (χ0) is 16.5. The van der Waals surface area contributed by atoms with Crippen molar-refractivity contribution in [2.75, 3.05) is 13.2 Å². The Hall–Kier alpha value is -1.26. The number of rotatable bonds is 7. The van der Waals surface area contributed by atoms with Crippen molar-refractivity contribution >= 4 is 11.9 Å². The summed E-state index contributed by atoms with van der Waals surface area (Å²) in [7, 11) is 0. The Morgan fingerprint density at radius 1 is 0.950 bits per heavy atom. The number of nitrogens with two attached hydrogens (primary N) is 2. The predicted octanol–water partition coefficient (Wildman–Crippen LogP) is -2.59. The maximum atomic E-state index is 10.2. The van der Waals surface area contributed by atoms with Crippen LogP contribution < -0.4 is 11.5 Å². The summed E-state index contributed by atoms with van der Waals surface area (Å²) in [5, 5.41) is 42.4. The molecule has 0 aromatic heterocycles. The first-order valence-corrected chi connectivity index (χ1v) is 5.96. The van der Waals surface area contributed by atoms with Gasteiger partial charge in [0, 0.05) is 18.4 Å². The minimum absolute atomic E-state index is 0.187. The van der Waals surface area contributed by atoms with Crippen LogP contribution in [-0.4, -0.2) is 68.9 Å². The van der Waals surface area contributed by atoms with Gasteiger partial charge in [-0.2, -0.15) is 0 Å². The third-order valence-electron chi connectivity index (χ3n) is 2.83. The fraction of sp³-hybridized carbons (Fsp3) is 0.818. The molecule has 0 radical (unpaired) electrons. The molecule has 0 fully saturated rings. The van der Waals surface area contributed by atoms with Gasteiger partial charge in [0.2, 0.25) is 0 Å². The Balaban J connectivity index is 0. The average molecular weight is 296 g/mol. The van der Waals surface area contributed by atoms with Crippen molar-refractivity contribution in [2.24, 2.45) is 23.3 Å². The summed E-state index contributed by atoms with van der Waals surface area (Å²) < 4.78 is 0. The zero-order valence-corrected chi connectivity index (χ0v) is 11.5. The second-order valence-electron chi connectivity index (χ2n) is 4.50.